The molecule has 0 saturated carbocycles. The molecule has 0 saturated heterocycles. The van der Waals surface area contributed by atoms with Crippen molar-refractivity contribution in [3.63, 3.8) is 0 Å². The van der Waals surface area contributed by atoms with Gasteiger partial charge in [-0.3, -0.25) is 9.59 Å². The molecule has 22 heavy (non-hydrogen) atoms. The minimum atomic E-state index is -1.04. The van der Waals surface area contributed by atoms with Crippen LogP contribution in [0.3, 0.4) is 0 Å². The van der Waals surface area contributed by atoms with Crippen molar-refractivity contribution in [2.75, 3.05) is 12.4 Å². The second kappa shape index (κ2) is 8.53. The number of methoxy groups -OCH3 is 1. The molecular weight excluding hydrogens is 306 g/mol. The van der Waals surface area contributed by atoms with E-state index in [1.165, 1.54) is 18.4 Å². The summed E-state index contributed by atoms with van der Waals surface area (Å²) >= 11 is 1.22. The predicted molar refractivity (Wildman–Crippen MR) is 84.5 cm³/mol. The minimum absolute atomic E-state index is 0.0769. The van der Waals surface area contributed by atoms with E-state index in [0.717, 1.165) is 5.56 Å². The van der Waals surface area contributed by atoms with Crippen LogP contribution in [0.15, 0.2) is 5.38 Å². The zero-order chi connectivity index (χ0) is 16.7. The second-order valence-corrected chi connectivity index (χ2v) is 6.07. The van der Waals surface area contributed by atoms with Crippen LogP contribution >= 0.6 is 11.3 Å². The molecule has 0 aromatic carbocycles. The molecule has 1 rings (SSSR count). The lowest BCUT2D eigenvalue weighted by atomic mass is 10.0. The molecule has 2 N–H and O–H groups in total. The highest BCUT2D eigenvalue weighted by atomic mass is 32.1. The molecule has 122 valence electrons. The molecule has 0 aliphatic heterocycles. The van der Waals surface area contributed by atoms with Gasteiger partial charge in [-0.05, 0) is 29.7 Å². The van der Waals surface area contributed by atoms with Crippen molar-refractivity contribution in [1.82, 2.24) is 0 Å². The van der Waals surface area contributed by atoms with Gasteiger partial charge in [0, 0.05) is 12.8 Å². The number of anilines is 1. The van der Waals surface area contributed by atoms with Crippen molar-refractivity contribution >= 4 is 34.2 Å². The molecule has 0 fully saturated rings. The van der Waals surface area contributed by atoms with Crippen molar-refractivity contribution in [2.45, 2.75) is 45.4 Å². The number of ether oxygens (including phenoxy) is 1. The third kappa shape index (κ3) is 5.14. The summed E-state index contributed by atoms with van der Waals surface area (Å²) < 4.78 is 4.52. The zero-order valence-corrected chi connectivity index (χ0v) is 13.8. The van der Waals surface area contributed by atoms with Gasteiger partial charge in [0.2, 0.25) is 5.91 Å². The van der Waals surface area contributed by atoms with Gasteiger partial charge in [0.25, 0.3) is 0 Å². The van der Waals surface area contributed by atoms with E-state index in [9.17, 15) is 19.5 Å². The molecule has 6 nitrogen and oxygen atoms in total. The smallest absolute Gasteiger partial charge is 0.339 e. The predicted octanol–water partition coefficient (Wildman–Crippen LogP) is 3.24. The zero-order valence-electron chi connectivity index (χ0n) is 13.0. The maximum atomic E-state index is 11.9. The first-order chi connectivity index (χ1) is 10.4. The van der Waals surface area contributed by atoms with Gasteiger partial charge in [-0.25, -0.2) is 4.79 Å². The second-order valence-electron chi connectivity index (χ2n) is 5.19. The highest BCUT2D eigenvalue weighted by molar-refractivity contribution is 7.15. The van der Waals surface area contributed by atoms with Gasteiger partial charge in [0.05, 0.1) is 12.7 Å². The fourth-order valence-corrected chi connectivity index (χ4v) is 3.09. The summed E-state index contributed by atoms with van der Waals surface area (Å²) in [5.41, 5.74) is 0.890. The van der Waals surface area contributed by atoms with Crippen molar-refractivity contribution in [3.05, 3.63) is 16.5 Å². The summed E-state index contributed by atoms with van der Waals surface area (Å²) in [5, 5.41) is 14.1. The summed E-state index contributed by atoms with van der Waals surface area (Å²) in [6.07, 6.45) is 1.63. The quantitative estimate of drug-likeness (QED) is 0.565. The molecule has 1 aromatic heterocycles. The highest BCUT2D eigenvalue weighted by Crippen LogP contribution is 2.33. The summed E-state index contributed by atoms with van der Waals surface area (Å²) in [4.78, 5) is 34.2. The molecule has 0 aliphatic rings. The SMILES string of the molecule is COC(=O)CCCCC(=O)Nc1scc(C(C)C)c1C(=O)O. The van der Waals surface area contributed by atoms with E-state index in [-0.39, 0.29) is 36.2 Å². The van der Waals surface area contributed by atoms with Gasteiger partial charge in [-0.2, -0.15) is 0 Å². The molecular formula is C15H21NO5S. The summed E-state index contributed by atoms with van der Waals surface area (Å²) in [5.74, 6) is -1.50. The van der Waals surface area contributed by atoms with Crippen LogP contribution in [0.25, 0.3) is 0 Å². The Morgan fingerprint density at radius 3 is 2.45 bits per heavy atom. The average molecular weight is 327 g/mol. The number of thiophene rings is 1. The van der Waals surface area contributed by atoms with E-state index in [2.05, 4.69) is 10.1 Å². The van der Waals surface area contributed by atoms with Crippen LogP contribution in [0.4, 0.5) is 5.00 Å². The standard InChI is InChI=1S/C15H21NO5S/c1-9(2)10-8-22-14(13(10)15(19)20)16-11(17)6-4-5-7-12(18)21-3/h8-9H,4-7H2,1-3H3,(H,16,17)(H,19,20). The number of carbonyl (C=O) groups excluding carboxylic acids is 2. The molecule has 1 heterocycles. The Labute approximate surface area is 133 Å². The topological polar surface area (TPSA) is 92.7 Å². The maximum Gasteiger partial charge on any atom is 0.339 e. The lowest BCUT2D eigenvalue weighted by Gasteiger charge is -2.07. The molecule has 0 aliphatic carbocycles. The number of nitrogens with one attached hydrogen (secondary N) is 1. The number of carbonyl (C=O) groups is 3. The summed E-state index contributed by atoms with van der Waals surface area (Å²) in [7, 11) is 1.32. The van der Waals surface area contributed by atoms with Gasteiger partial charge >= 0.3 is 11.9 Å². The Kier molecular flexibility index (Phi) is 7.04. The Bertz CT molecular complexity index is 550. The first-order valence-electron chi connectivity index (χ1n) is 7.08. The number of rotatable bonds is 8. The molecule has 7 heteroatoms. The molecule has 0 atom stereocenters. The van der Waals surface area contributed by atoms with Gasteiger partial charge in [-0.15, -0.1) is 11.3 Å². The molecule has 0 radical (unpaired) electrons. The number of unbranched alkanes of at least 4 members (excludes halogenated alkanes) is 1. The van der Waals surface area contributed by atoms with Crippen LogP contribution in [0.5, 0.6) is 0 Å². The number of hydrogen-bond acceptors (Lipinski definition) is 5. The molecule has 0 unspecified atom stereocenters. The Morgan fingerprint density at radius 1 is 1.27 bits per heavy atom. The maximum absolute atomic E-state index is 11.9. The Hall–Kier alpha value is -1.89. The fourth-order valence-electron chi connectivity index (χ4n) is 1.95. The number of hydrogen-bond donors (Lipinski definition) is 2. The lowest BCUT2D eigenvalue weighted by Crippen LogP contribution is -2.13. The first kappa shape index (κ1) is 18.2. The van der Waals surface area contributed by atoms with E-state index in [4.69, 9.17) is 0 Å². The first-order valence-corrected chi connectivity index (χ1v) is 7.96. The number of amides is 1. The van der Waals surface area contributed by atoms with E-state index in [0.29, 0.717) is 17.8 Å². The van der Waals surface area contributed by atoms with E-state index < -0.39 is 5.97 Å². The van der Waals surface area contributed by atoms with Crippen LogP contribution in [-0.4, -0.2) is 30.1 Å². The van der Waals surface area contributed by atoms with Crippen molar-refractivity contribution in [3.8, 4) is 0 Å². The van der Waals surface area contributed by atoms with Crippen LogP contribution in [0, 0.1) is 0 Å². The Morgan fingerprint density at radius 2 is 1.91 bits per heavy atom. The molecule has 0 spiro atoms. The Balaban J connectivity index is 2.58. The summed E-state index contributed by atoms with van der Waals surface area (Å²) in [6.45, 7) is 3.82. The van der Waals surface area contributed by atoms with E-state index in [1.807, 2.05) is 13.8 Å². The van der Waals surface area contributed by atoms with Crippen LogP contribution in [0.1, 0.15) is 61.4 Å². The molecule has 1 aromatic rings. The van der Waals surface area contributed by atoms with Crippen molar-refractivity contribution in [1.29, 1.82) is 0 Å². The van der Waals surface area contributed by atoms with Gasteiger partial charge < -0.3 is 15.2 Å². The minimum Gasteiger partial charge on any atom is -0.478 e. The van der Waals surface area contributed by atoms with E-state index >= 15 is 0 Å². The van der Waals surface area contributed by atoms with Gasteiger partial charge in [0.1, 0.15) is 5.00 Å². The number of aromatic carboxylic acids is 1. The number of carboxylic acids is 1. The molecule has 0 bridgehead atoms. The largest absolute Gasteiger partial charge is 0.478 e. The molecule has 1 amide bonds. The summed E-state index contributed by atoms with van der Waals surface area (Å²) in [6, 6.07) is 0. The van der Waals surface area contributed by atoms with Crippen molar-refractivity contribution < 1.29 is 24.2 Å². The highest BCUT2D eigenvalue weighted by Gasteiger charge is 2.21. The van der Waals surface area contributed by atoms with Crippen LogP contribution < -0.4 is 5.32 Å². The number of esters is 1. The monoisotopic (exact) mass is 327 g/mol. The van der Waals surface area contributed by atoms with Crippen LogP contribution in [-0.2, 0) is 14.3 Å². The van der Waals surface area contributed by atoms with Crippen molar-refractivity contribution in [2.24, 2.45) is 0 Å². The normalized spacial score (nSPS) is 10.5. The van der Waals surface area contributed by atoms with Crippen LogP contribution in [0.2, 0.25) is 0 Å². The van der Waals surface area contributed by atoms with Gasteiger partial charge in [-0.1, -0.05) is 13.8 Å². The lowest BCUT2D eigenvalue weighted by molar-refractivity contribution is -0.140. The van der Waals surface area contributed by atoms with Gasteiger partial charge in [0.15, 0.2) is 0 Å². The number of carboxylic acid groups (broad SMARTS) is 1. The third-order valence-electron chi connectivity index (χ3n) is 3.17. The third-order valence-corrected chi connectivity index (χ3v) is 4.08. The fraction of sp³-hybridized carbons (Fsp3) is 0.533. The van der Waals surface area contributed by atoms with E-state index in [1.54, 1.807) is 5.38 Å². The average Bonchev–Trinajstić information content (AvgIpc) is 2.87.